The lowest BCUT2D eigenvalue weighted by Gasteiger charge is -2.13. The number of pyridine rings is 1. The van der Waals surface area contributed by atoms with Crippen LogP contribution in [0.15, 0.2) is 44.5 Å². The predicted molar refractivity (Wildman–Crippen MR) is 104 cm³/mol. The number of rotatable bonds is 4. The number of benzene rings is 1. The highest BCUT2D eigenvalue weighted by Crippen LogP contribution is 2.32. The van der Waals surface area contributed by atoms with Crippen LogP contribution in [0.1, 0.15) is 32.8 Å². The molecule has 0 saturated heterocycles. The Morgan fingerprint density at radius 1 is 1.41 bits per heavy atom. The smallest absolute Gasteiger partial charge is 0.271 e. The molecular formula is C20H15BrN2O4. The van der Waals surface area contributed by atoms with Crippen LogP contribution in [0.3, 0.4) is 0 Å². The number of fused-ring (bicyclic) bond motifs is 1. The molecule has 6 nitrogen and oxygen atoms in total. The molecule has 3 rings (SSSR count). The van der Waals surface area contributed by atoms with Crippen LogP contribution in [-0.2, 0) is 6.54 Å². The number of halogens is 1. The molecule has 2 aromatic heterocycles. The highest BCUT2D eigenvalue weighted by molar-refractivity contribution is 9.10. The minimum Gasteiger partial charge on any atom is -0.494 e. The number of allylic oxidation sites excluding steroid dienone is 1. The Labute approximate surface area is 163 Å². The van der Waals surface area contributed by atoms with E-state index in [0.29, 0.717) is 11.1 Å². The lowest BCUT2D eigenvalue weighted by Crippen LogP contribution is -2.26. The van der Waals surface area contributed by atoms with E-state index in [4.69, 9.17) is 4.42 Å². The Balaban J connectivity index is 2.31. The van der Waals surface area contributed by atoms with Gasteiger partial charge in [-0.3, -0.25) is 14.2 Å². The van der Waals surface area contributed by atoms with Crippen LogP contribution in [0.2, 0.25) is 0 Å². The lowest BCUT2D eigenvalue weighted by molar-refractivity contribution is 0.101. The molecule has 2 heterocycles. The van der Waals surface area contributed by atoms with Crippen molar-refractivity contribution in [3.05, 3.63) is 73.7 Å². The van der Waals surface area contributed by atoms with Crippen LogP contribution in [-0.4, -0.2) is 15.5 Å². The largest absolute Gasteiger partial charge is 0.494 e. The Kier molecular flexibility index (Phi) is 4.77. The van der Waals surface area contributed by atoms with Gasteiger partial charge in [-0.2, -0.15) is 5.26 Å². The Hall–Kier alpha value is -3.11. The van der Waals surface area contributed by atoms with Gasteiger partial charge in [0.25, 0.3) is 5.56 Å². The summed E-state index contributed by atoms with van der Waals surface area (Å²) >= 11 is 3.36. The summed E-state index contributed by atoms with van der Waals surface area (Å²) in [6, 6.07) is 7.21. The molecule has 1 N–H and O–H groups in total. The first-order valence-corrected chi connectivity index (χ1v) is 8.81. The van der Waals surface area contributed by atoms with Gasteiger partial charge in [-0.15, -0.1) is 6.58 Å². The summed E-state index contributed by atoms with van der Waals surface area (Å²) < 4.78 is 7.47. The summed E-state index contributed by atoms with van der Waals surface area (Å²) in [4.78, 5) is 25.6. The number of carbonyl (C=O) groups excluding carboxylic acids is 1. The van der Waals surface area contributed by atoms with Crippen molar-refractivity contribution in [2.24, 2.45) is 0 Å². The average Bonchev–Trinajstić information content (AvgIpc) is 2.95. The van der Waals surface area contributed by atoms with E-state index in [0.717, 1.165) is 14.4 Å². The number of aryl methyl sites for hydroxylation is 1. The molecule has 0 saturated carbocycles. The van der Waals surface area contributed by atoms with Gasteiger partial charge in [-0.1, -0.05) is 22.0 Å². The molecule has 0 aliphatic heterocycles. The van der Waals surface area contributed by atoms with Gasteiger partial charge in [0.15, 0.2) is 5.76 Å². The molecular weight excluding hydrogens is 412 g/mol. The van der Waals surface area contributed by atoms with Crippen LogP contribution in [0.25, 0.3) is 11.0 Å². The van der Waals surface area contributed by atoms with Crippen molar-refractivity contribution in [2.45, 2.75) is 20.4 Å². The average molecular weight is 427 g/mol. The minimum absolute atomic E-state index is 0.0357. The second kappa shape index (κ2) is 6.89. The fourth-order valence-electron chi connectivity index (χ4n) is 3.05. The highest BCUT2D eigenvalue weighted by Gasteiger charge is 2.28. The van der Waals surface area contributed by atoms with Crippen molar-refractivity contribution in [3.63, 3.8) is 0 Å². The van der Waals surface area contributed by atoms with Crippen LogP contribution in [0.4, 0.5) is 0 Å². The molecule has 27 heavy (non-hydrogen) atoms. The lowest BCUT2D eigenvalue weighted by atomic mass is 9.98. The zero-order chi connectivity index (χ0) is 19.9. The zero-order valence-electron chi connectivity index (χ0n) is 14.7. The first kappa shape index (κ1) is 18.7. The molecule has 3 aromatic rings. The second-order valence-electron chi connectivity index (χ2n) is 6.04. The van der Waals surface area contributed by atoms with Gasteiger partial charge >= 0.3 is 0 Å². The van der Waals surface area contributed by atoms with E-state index >= 15 is 0 Å². The standard InChI is InChI=1S/C20H15BrN2O4/c1-4-7-23-19(25)14(9-22)10(2)16(20(23)26)17(24)18-11(3)13-6-5-12(21)8-15(13)27-18/h4-6,8,26H,1,7H2,2-3H3. The van der Waals surface area contributed by atoms with E-state index in [9.17, 15) is 20.0 Å². The van der Waals surface area contributed by atoms with Crippen LogP contribution in [0, 0.1) is 25.2 Å². The van der Waals surface area contributed by atoms with E-state index in [1.165, 1.54) is 13.0 Å². The number of hydrogen-bond acceptors (Lipinski definition) is 5. The molecule has 0 aliphatic rings. The van der Waals surface area contributed by atoms with Gasteiger partial charge < -0.3 is 9.52 Å². The zero-order valence-corrected chi connectivity index (χ0v) is 16.3. The molecule has 0 spiro atoms. The fourth-order valence-corrected chi connectivity index (χ4v) is 3.39. The predicted octanol–water partition coefficient (Wildman–Crippen LogP) is 3.97. The summed E-state index contributed by atoms with van der Waals surface area (Å²) in [6.45, 7) is 6.70. The van der Waals surface area contributed by atoms with E-state index in [1.54, 1.807) is 13.0 Å². The molecule has 0 fully saturated rings. The van der Waals surface area contributed by atoms with Crippen molar-refractivity contribution in [1.29, 1.82) is 5.26 Å². The normalized spacial score (nSPS) is 10.7. The molecule has 0 bridgehead atoms. The topological polar surface area (TPSA) is 96.2 Å². The molecule has 7 heteroatoms. The quantitative estimate of drug-likeness (QED) is 0.502. The van der Waals surface area contributed by atoms with Crippen molar-refractivity contribution >= 4 is 32.7 Å². The van der Waals surface area contributed by atoms with Gasteiger partial charge in [0, 0.05) is 22.0 Å². The van der Waals surface area contributed by atoms with Gasteiger partial charge in [-0.05, 0) is 37.6 Å². The maximum absolute atomic E-state index is 13.2. The third-order valence-corrected chi connectivity index (χ3v) is 4.94. The summed E-state index contributed by atoms with van der Waals surface area (Å²) in [7, 11) is 0. The van der Waals surface area contributed by atoms with Crippen LogP contribution < -0.4 is 5.56 Å². The van der Waals surface area contributed by atoms with Gasteiger partial charge in [0.05, 0.1) is 5.56 Å². The van der Waals surface area contributed by atoms with Crippen molar-refractivity contribution in [1.82, 2.24) is 4.57 Å². The van der Waals surface area contributed by atoms with E-state index < -0.39 is 17.2 Å². The Morgan fingerprint density at radius 3 is 2.74 bits per heavy atom. The molecule has 0 unspecified atom stereocenters. The molecule has 0 aliphatic carbocycles. The third kappa shape index (κ3) is 2.88. The number of ketones is 1. The summed E-state index contributed by atoms with van der Waals surface area (Å²) in [6.07, 6.45) is 1.40. The van der Waals surface area contributed by atoms with E-state index in [2.05, 4.69) is 22.5 Å². The first-order valence-electron chi connectivity index (χ1n) is 8.02. The van der Waals surface area contributed by atoms with Crippen LogP contribution >= 0.6 is 15.9 Å². The Morgan fingerprint density at radius 2 is 2.11 bits per heavy atom. The number of aromatic nitrogens is 1. The minimum atomic E-state index is -0.672. The highest BCUT2D eigenvalue weighted by atomic mass is 79.9. The van der Waals surface area contributed by atoms with E-state index in [1.807, 2.05) is 18.2 Å². The van der Waals surface area contributed by atoms with Gasteiger partial charge in [0.1, 0.15) is 17.2 Å². The van der Waals surface area contributed by atoms with Gasteiger partial charge in [0.2, 0.25) is 11.7 Å². The SMILES string of the molecule is C=CCn1c(O)c(C(=O)c2oc3cc(Br)ccc3c2C)c(C)c(C#N)c1=O. The maximum Gasteiger partial charge on any atom is 0.271 e. The number of hydrogen-bond donors (Lipinski definition) is 1. The molecule has 0 amide bonds. The number of carbonyl (C=O) groups is 1. The summed E-state index contributed by atoms with van der Waals surface area (Å²) in [5, 5.41) is 20.7. The molecule has 0 atom stereocenters. The van der Waals surface area contributed by atoms with E-state index in [-0.39, 0.29) is 29.0 Å². The summed E-state index contributed by atoms with van der Waals surface area (Å²) in [5.41, 5.74) is 0.243. The number of furan rings is 1. The number of nitrogens with zero attached hydrogens (tertiary/aromatic N) is 2. The molecule has 0 radical (unpaired) electrons. The fraction of sp³-hybridized carbons (Fsp3) is 0.150. The summed E-state index contributed by atoms with van der Waals surface area (Å²) in [5.74, 6) is -1.05. The third-order valence-electron chi connectivity index (χ3n) is 4.45. The van der Waals surface area contributed by atoms with Crippen molar-refractivity contribution in [2.75, 3.05) is 0 Å². The monoisotopic (exact) mass is 426 g/mol. The number of aromatic hydroxyl groups is 1. The van der Waals surface area contributed by atoms with Crippen molar-refractivity contribution in [3.8, 4) is 11.9 Å². The Bertz CT molecular complexity index is 1210. The molecule has 1 aromatic carbocycles. The first-order chi connectivity index (χ1) is 12.8. The van der Waals surface area contributed by atoms with Crippen molar-refractivity contribution < 1.29 is 14.3 Å². The number of nitriles is 1. The maximum atomic E-state index is 13.2. The molecule has 136 valence electrons. The van der Waals surface area contributed by atoms with Crippen LogP contribution in [0.5, 0.6) is 5.88 Å². The van der Waals surface area contributed by atoms with Gasteiger partial charge in [-0.25, -0.2) is 0 Å². The second-order valence-corrected chi connectivity index (χ2v) is 6.96.